The lowest BCUT2D eigenvalue weighted by molar-refractivity contribution is -0.146. The quantitative estimate of drug-likeness (QED) is 0.178. The fourth-order valence-corrected chi connectivity index (χ4v) is 4.84. The van der Waals surface area contributed by atoms with E-state index in [-0.39, 0.29) is 43.0 Å². The highest BCUT2D eigenvalue weighted by molar-refractivity contribution is 6.06. The van der Waals surface area contributed by atoms with Gasteiger partial charge in [0.15, 0.2) is 6.61 Å². The lowest BCUT2D eigenvalue weighted by Gasteiger charge is -2.27. The number of benzene rings is 4. The number of amides is 5. The number of urea groups is 1. The molecule has 0 saturated carbocycles. The van der Waals surface area contributed by atoms with Gasteiger partial charge in [0.1, 0.15) is 12.3 Å². The van der Waals surface area contributed by atoms with Gasteiger partial charge in [0, 0.05) is 31.2 Å². The summed E-state index contributed by atoms with van der Waals surface area (Å²) in [7, 11) is 3.23. The number of carbonyl (C=O) groups is 5. The zero-order valence-corrected chi connectivity index (χ0v) is 28.5. The molecule has 2 N–H and O–H groups in total. The fraction of sp³-hybridized carbons (Fsp3) is 0.237. The molecule has 0 aliphatic rings. The van der Waals surface area contributed by atoms with Gasteiger partial charge in [0.05, 0.1) is 24.8 Å². The van der Waals surface area contributed by atoms with E-state index in [1.807, 2.05) is 24.3 Å². The lowest BCUT2D eigenvalue weighted by Crippen LogP contribution is -2.46. The van der Waals surface area contributed by atoms with E-state index in [4.69, 9.17) is 9.47 Å². The number of hydrogen-bond acceptors (Lipinski definition) is 7. The van der Waals surface area contributed by atoms with Gasteiger partial charge in [-0.05, 0) is 67.9 Å². The molecule has 4 aromatic carbocycles. The highest BCUT2D eigenvalue weighted by Gasteiger charge is 2.25. The third-order valence-electron chi connectivity index (χ3n) is 7.44. The first-order chi connectivity index (χ1) is 24.0. The molecule has 0 unspecified atom stereocenters. The van der Waals surface area contributed by atoms with Crippen LogP contribution in [0.25, 0.3) is 0 Å². The second-order valence-electron chi connectivity index (χ2n) is 11.5. The first kappa shape index (κ1) is 36.7. The summed E-state index contributed by atoms with van der Waals surface area (Å²) >= 11 is 0. The number of rotatable bonds is 14. The van der Waals surface area contributed by atoms with Crippen molar-refractivity contribution in [2.24, 2.45) is 0 Å². The third kappa shape index (κ3) is 10.7. The second kappa shape index (κ2) is 17.8. The minimum atomic E-state index is -0.674. The Morgan fingerprint density at radius 2 is 1.30 bits per heavy atom. The Balaban J connectivity index is 1.48. The molecule has 0 spiro atoms. The molecule has 12 nitrogen and oxygen atoms in total. The van der Waals surface area contributed by atoms with Crippen LogP contribution in [-0.4, -0.2) is 69.6 Å². The van der Waals surface area contributed by atoms with Gasteiger partial charge < -0.3 is 29.9 Å². The Morgan fingerprint density at radius 1 is 0.700 bits per heavy atom. The summed E-state index contributed by atoms with van der Waals surface area (Å²) in [5.41, 5.74) is 2.60. The molecule has 12 heteroatoms. The van der Waals surface area contributed by atoms with Crippen LogP contribution in [-0.2, 0) is 30.3 Å². The smallest absolute Gasteiger partial charge is 0.319 e. The predicted octanol–water partition coefficient (Wildman–Crippen LogP) is 5.04. The highest BCUT2D eigenvalue weighted by atomic mass is 16.5. The number of hydrogen-bond donors (Lipinski definition) is 2. The molecule has 4 rings (SSSR count). The lowest BCUT2D eigenvalue weighted by atomic mass is 10.1. The average molecular weight is 680 g/mol. The average Bonchev–Trinajstić information content (AvgIpc) is 3.11. The van der Waals surface area contributed by atoms with Crippen molar-refractivity contribution >= 4 is 52.5 Å². The van der Waals surface area contributed by atoms with Gasteiger partial charge in [-0.25, -0.2) is 4.79 Å². The molecule has 5 amide bonds. The van der Waals surface area contributed by atoms with Crippen molar-refractivity contribution < 1.29 is 33.4 Å². The van der Waals surface area contributed by atoms with Gasteiger partial charge >= 0.3 is 12.0 Å². The first-order valence-electron chi connectivity index (χ1n) is 16.0. The van der Waals surface area contributed by atoms with E-state index in [0.29, 0.717) is 22.6 Å². The van der Waals surface area contributed by atoms with E-state index >= 15 is 0 Å². The molecule has 0 aromatic heterocycles. The minimum absolute atomic E-state index is 0.0316. The van der Waals surface area contributed by atoms with E-state index in [9.17, 15) is 24.0 Å². The molecule has 0 fully saturated rings. The molecule has 50 heavy (non-hydrogen) atoms. The van der Waals surface area contributed by atoms with Crippen molar-refractivity contribution in [2.75, 3.05) is 53.8 Å². The highest BCUT2D eigenvalue weighted by Crippen LogP contribution is 2.29. The summed E-state index contributed by atoms with van der Waals surface area (Å²) in [4.78, 5) is 69.3. The first-order valence-corrected chi connectivity index (χ1v) is 16.0. The van der Waals surface area contributed by atoms with Crippen LogP contribution in [0.1, 0.15) is 19.4 Å². The Hall–Kier alpha value is -6.17. The van der Waals surface area contributed by atoms with E-state index in [0.717, 1.165) is 0 Å². The van der Waals surface area contributed by atoms with Crippen molar-refractivity contribution in [3.63, 3.8) is 0 Å². The maximum atomic E-state index is 13.8. The van der Waals surface area contributed by atoms with Gasteiger partial charge in [0.25, 0.3) is 5.91 Å². The molecule has 0 bridgehead atoms. The number of para-hydroxylation sites is 4. The molecule has 260 valence electrons. The maximum absolute atomic E-state index is 13.8. The molecule has 4 aromatic rings. The number of ether oxygens (including phenoxy) is 2. The van der Waals surface area contributed by atoms with Crippen molar-refractivity contribution in [3.05, 3.63) is 115 Å². The normalized spacial score (nSPS) is 10.5. The predicted molar refractivity (Wildman–Crippen MR) is 192 cm³/mol. The van der Waals surface area contributed by atoms with E-state index in [2.05, 4.69) is 10.6 Å². The van der Waals surface area contributed by atoms with Gasteiger partial charge in [-0.3, -0.25) is 24.1 Å². The van der Waals surface area contributed by atoms with Crippen LogP contribution in [0.5, 0.6) is 5.75 Å². The molecule has 0 aliphatic carbocycles. The zero-order chi connectivity index (χ0) is 36.0. The van der Waals surface area contributed by atoms with Gasteiger partial charge in [-0.2, -0.15) is 0 Å². The zero-order valence-electron chi connectivity index (χ0n) is 28.5. The summed E-state index contributed by atoms with van der Waals surface area (Å²) in [6.45, 7) is 2.33. The number of anilines is 4. The van der Waals surface area contributed by atoms with Crippen LogP contribution in [0.15, 0.2) is 109 Å². The van der Waals surface area contributed by atoms with Gasteiger partial charge in [0.2, 0.25) is 11.8 Å². The molecular formula is C38H41N5O7. The molecule has 0 radical (unpaired) electrons. The second-order valence-corrected chi connectivity index (χ2v) is 11.5. The Kier molecular flexibility index (Phi) is 13.1. The summed E-state index contributed by atoms with van der Waals surface area (Å²) in [6, 6.07) is 30.6. The van der Waals surface area contributed by atoms with E-state index in [1.165, 1.54) is 14.7 Å². The topological polar surface area (TPSA) is 138 Å². The molecule has 0 atom stereocenters. The number of carbonyl (C=O) groups excluding carboxylic acids is 5. The molecule has 0 aliphatic heterocycles. The van der Waals surface area contributed by atoms with Crippen LogP contribution >= 0.6 is 0 Å². The van der Waals surface area contributed by atoms with Crippen molar-refractivity contribution in [1.82, 2.24) is 5.32 Å². The maximum Gasteiger partial charge on any atom is 0.319 e. The van der Waals surface area contributed by atoms with Crippen LogP contribution in [0.2, 0.25) is 0 Å². The monoisotopic (exact) mass is 679 g/mol. The van der Waals surface area contributed by atoms with Crippen molar-refractivity contribution in [1.29, 1.82) is 0 Å². The van der Waals surface area contributed by atoms with Gasteiger partial charge in [-0.15, -0.1) is 0 Å². The summed E-state index contributed by atoms with van der Waals surface area (Å²) in [5, 5.41) is 5.21. The van der Waals surface area contributed by atoms with Crippen LogP contribution < -0.4 is 30.1 Å². The SMILES string of the molecule is CC(C)OC(=O)Cc1cccc(NC(=O)NCC(=O)N(CC(=O)N(C)c2ccccc2)c2ccccc2OCC(=O)N(C)c2ccccc2)c1. The number of nitrogens with one attached hydrogen (secondary N) is 2. The number of nitrogens with zero attached hydrogens (tertiary/aromatic N) is 3. The largest absolute Gasteiger partial charge is 0.482 e. The third-order valence-corrected chi connectivity index (χ3v) is 7.44. The minimum Gasteiger partial charge on any atom is -0.482 e. The summed E-state index contributed by atoms with van der Waals surface area (Å²) < 4.78 is 11.1. The number of likely N-dealkylation sites (N-methyl/N-ethyl adjacent to an activating group) is 2. The van der Waals surface area contributed by atoms with E-state index < -0.39 is 30.4 Å². The summed E-state index contributed by atoms with van der Waals surface area (Å²) in [5.74, 6) is -1.54. The molecule has 0 heterocycles. The standard InChI is InChI=1S/C38H41N5O7/c1-27(2)50-37(47)23-28-14-13-15-29(22-28)40-38(48)39-24-34(44)43(25-35(45)41(3)30-16-7-5-8-17-30)32-20-11-12-21-33(32)49-26-36(46)42(4)31-18-9-6-10-19-31/h5-22,27H,23-26H2,1-4H3,(H2,39,40,48). The Morgan fingerprint density at radius 3 is 1.94 bits per heavy atom. The van der Waals surface area contributed by atoms with Crippen LogP contribution in [0, 0.1) is 0 Å². The van der Waals surface area contributed by atoms with Crippen molar-refractivity contribution in [2.45, 2.75) is 26.4 Å². The molecule has 0 saturated heterocycles. The van der Waals surface area contributed by atoms with Crippen LogP contribution in [0.3, 0.4) is 0 Å². The van der Waals surface area contributed by atoms with Crippen molar-refractivity contribution in [3.8, 4) is 5.75 Å². The molecular weight excluding hydrogens is 638 g/mol. The van der Waals surface area contributed by atoms with E-state index in [1.54, 1.807) is 113 Å². The Labute approximate surface area is 291 Å². The van der Waals surface area contributed by atoms with Crippen LogP contribution in [0.4, 0.5) is 27.5 Å². The summed E-state index contributed by atoms with van der Waals surface area (Å²) in [6.07, 6.45) is -0.216. The number of esters is 1. The van der Waals surface area contributed by atoms with Gasteiger partial charge in [-0.1, -0.05) is 60.7 Å². The Bertz CT molecular complexity index is 1780. The fourth-order valence-electron chi connectivity index (χ4n) is 4.84.